The molecule has 0 aromatic heterocycles. The quantitative estimate of drug-likeness (QED) is 0.149. The lowest BCUT2D eigenvalue weighted by Crippen LogP contribution is -2.03. The first-order valence-electron chi connectivity index (χ1n) is 9.95. The summed E-state index contributed by atoms with van der Waals surface area (Å²) in [5.41, 5.74) is 3.38. The van der Waals surface area contributed by atoms with Gasteiger partial charge in [0.2, 0.25) is 0 Å². The van der Waals surface area contributed by atoms with Crippen molar-refractivity contribution in [2.45, 2.75) is 19.6 Å². The molecule has 4 aromatic rings. The zero-order valence-electron chi connectivity index (χ0n) is 17.4. The fraction of sp³-hybridized carbons (Fsp3) is 0. The van der Waals surface area contributed by atoms with Crippen molar-refractivity contribution in [1.29, 1.82) is 0 Å². The summed E-state index contributed by atoms with van der Waals surface area (Å²) >= 11 is 18.2. The molecular formula is C24H18O4P2S4. The van der Waals surface area contributed by atoms with Crippen LogP contribution in [0.5, 0.6) is 23.0 Å². The number of hydrogen-bond acceptors (Lipinski definition) is 8. The molecule has 0 spiro atoms. The summed E-state index contributed by atoms with van der Waals surface area (Å²) in [4.78, 5) is 3.19. The lowest BCUT2D eigenvalue weighted by molar-refractivity contribution is 0.389. The Bertz CT molecular complexity index is 1350. The summed E-state index contributed by atoms with van der Waals surface area (Å²) in [5, 5.41) is 0. The van der Waals surface area contributed by atoms with Gasteiger partial charge in [-0.05, 0) is 83.9 Å². The predicted molar refractivity (Wildman–Crippen MR) is 152 cm³/mol. The van der Waals surface area contributed by atoms with Crippen molar-refractivity contribution in [2.24, 2.45) is 0 Å². The van der Waals surface area contributed by atoms with E-state index in [1.165, 1.54) is 0 Å². The average Bonchev–Trinajstić information content (AvgIpc) is 2.87. The van der Waals surface area contributed by atoms with E-state index in [1.54, 1.807) is 0 Å². The Balaban J connectivity index is 1.58. The fourth-order valence-corrected chi connectivity index (χ4v) is 5.66. The van der Waals surface area contributed by atoms with E-state index in [1.807, 2.05) is 72.8 Å². The largest absolute Gasteiger partial charge is 0.530 e. The van der Waals surface area contributed by atoms with E-state index in [9.17, 15) is 0 Å². The Morgan fingerprint density at radius 3 is 1.62 bits per heavy atom. The minimum absolute atomic E-state index is 0.558. The third kappa shape index (κ3) is 4.99. The van der Waals surface area contributed by atoms with E-state index in [2.05, 4.69) is 60.0 Å². The zero-order valence-corrected chi connectivity index (χ0v) is 23.0. The van der Waals surface area contributed by atoms with Crippen LogP contribution in [0.3, 0.4) is 0 Å². The van der Waals surface area contributed by atoms with Crippen LogP contribution in [-0.4, -0.2) is 0 Å². The van der Waals surface area contributed by atoms with Crippen LogP contribution in [0.25, 0.3) is 22.3 Å². The smallest absolute Gasteiger partial charge is 0.480 e. The molecule has 0 amide bonds. The molecule has 1 atom stereocenters. The molecule has 4 nitrogen and oxygen atoms in total. The van der Waals surface area contributed by atoms with Gasteiger partial charge >= 0.3 is 8.60 Å². The first-order valence-corrected chi connectivity index (χ1v) is 13.3. The molecule has 0 aliphatic carbocycles. The van der Waals surface area contributed by atoms with Crippen LogP contribution in [-0.2, 0) is 0 Å². The van der Waals surface area contributed by atoms with Crippen molar-refractivity contribution in [3.8, 4) is 45.3 Å². The maximum Gasteiger partial charge on any atom is 0.530 e. The number of fused-ring (bicyclic) bond motifs is 5. The molecule has 5 rings (SSSR count). The van der Waals surface area contributed by atoms with Gasteiger partial charge < -0.3 is 18.1 Å². The van der Waals surface area contributed by atoms with Crippen molar-refractivity contribution < 1.29 is 18.1 Å². The fourth-order valence-electron chi connectivity index (χ4n) is 3.52. The second-order valence-electron chi connectivity index (χ2n) is 7.33. The molecule has 0 fully saturated rings. The molecule has 1 heterocycles. The molecule has 172 valence electrons. The summed E-state index contributed by atoms with van der Waals surface area (Å²) < 4.78 is 24.2. The maximum absolute atomic E-state index is 6.34. The number of hydrogen-bond donors (Lipinski definition) is 4. The van der Waals surface area contributed by atoms with Crippen LogP contribution in [0, 0.1) is 0 Å². The monoisotopic (exact) mass is 560 g/mol. The van der Waals surface area contributed by atoms with E-state index in [0.717, 1.165) is 41.8 Å². The Hall–Kier alpha value is -1.66. The molecule has 0 N–H and O–H groups in total. The van der Waals surface area contributed by atoms with E-state index in [0.29, 0.717) is 23.0 Å². The lowest BCUT2D eigenvalue weighted by Gasteiger charge is -2.20. The van der Waals surface area contributed by atoms with Crippen LogP contribution in [0.2, 0.25) is 0 Å². The van der Waals surface area contributed by atoms with Crippen molar-refractivity contribution in [1.82, 2.24) is 0 Å². The van der Waals surface area contributed by atoms with Gasteiger partial charge in [-0.1, -0.05) is 0 Å². The Morgan fingerprint density at radius 2 is 1.09 bits per heavy atom. The van der Waals surface area contributed by atoms with Gasteiger partial charge in [0, 0.05) is 30.7 Å². The maximum atomic E-state index is 6.34. The highest BCUT2D eigenvalue weighted by Gasteiger charge is 2.25. The van der Waals surface area contributed by atoms with Gasteiger partial charge in [-0.15, -0.1) is 50.5 Å². The SMILES string of the molecule is POc1ccc(S)cc1-c1cc(S)ccc1OP1Oc2ccc(S)c(c2)-c2cc(ccc2S)O1. The number of benzene rings is 4. The summed E-state index contributed by atoms with van der Waals surface area (Å²) in [7, 11) is 0.416. The molecule has 0 saturated heterocycles. The Morgan fingerprint density at radius 1 is 0.588 bits per heavy atom. The molecule has 1 aliphatic heterocycles. The predicted octanol–water partition coefficient (Wildman–Crippen LogP) is 8.42. The first-order chi connectivity index (χ1) is 16.4. The van der Waals surface area contributed by atoms with Crippen molar-refractivity contribution in [3.63, 3.8) is 0 Å². The van der Waals surface area contributed by atoms with Gasteiger partial charge in [-0.3, -0.25) is 0 Å². The molecule has 10 heteroatoms. The first kappa shape index (κ1) is 24.1. The molecule has 4 aromatic carbocycles. The second-order valence-corrected chi connectivity index (χ2v) is 10.6. The summed E-state index contributed by atoms with van der Waals surface area (Å²) in [6.45, 7) is 0. The highest BCUT2D eigenvalue weighted by molar-refractivity contribution is 7.81. The Labute approximate surface area is 223 Å². The van der Waals surface area contributed by atoms with Crippen LogP contribution >= 0.6 is 68.6 Å². The number of thiol groups is 4. The van der Waals surface area contributed by atoms with Gasteiger partial charge in [0.15, 0.2) is 0 Å². The van der Waals surface area contributed by atoms with Crippen molar-refractivity contribution in [3.05, 3.63) is 72.8 Å². The van der Waals surface area contributed by atoms with E-state index in [-0.39, 0.29) is 0 Å². The molecule has 0 saturated carbocycles. The minimum atomic E-state index is -1.86. The summed E-state index contributed by atoms with van der Waals surface area (Å²) in [6.07, 6.45) is 0. The van der Waals surface area contributed by atoms with Gasteiger partial charge in [0.1, 0.15) is 23.0 Å². The number of rotatable bonds is 4. The van der Waals surface area contributed by atoms with Crippen LogP contribution in [0.1, 0.15) is 0 Å². The molecule has 34 heavy (non-hydrogen) atoms. The van der Waals surface area contributed by atoms with Crippen LogP contribution < -0.4 is 18.1 Å². The molecule has 1 unspecified atom stereocenters. The minimum Gasteiger partial charge on any atom is -0.480 e. The Kier molecular flexibility index (Phi) is 7.17. The third-order valence-electron chi connectivity index (χ3n) is 5.10. The standard InChI is InChI=1S/C24H18O4P2S4/c29-25-21-5-3-15(31)11-17(21)18-12-16(32)4-6-22(18)28-30-26-13-1-7-23(33)19(9-13)20-10-14(27-30)2-8-24(20)34/h1-12,31-34H,29H2. The summed E-state index contributed by atoms with van der Waals surface area (Å²) in [6, 6.07) is 22.5. The molecule has 0 radical (unpaired) electrons. The van der Waals surface area contributed by atoms with Crippen LogP contribution in [0.15, 0.2) is 92.4 Å². The second kappa shape index (κ2) is 10.1. The molecular weight excluding hydrogens is 542 g/mol. The van der Waals surface area contributed by atoms with Gasteiger partial charge in [-0.2, -0.15) is 0 Å². The van der Waals surface area contributed by atoms with Crippen molar-refractivity contribution in [2.75, 3.05) is 0 Å². The average molecular weight is 561 g/mol. The van der Waals surface area contributed by atoms with E-state index >= 15 is 0 Å². The van der Waals surface area contributed by atoms with Gasteiger partial charge in [0.25, 0.3) is 0 Å². The van der Waals surface area contributed by atoms with E-state index in [4.69, 9.17) is 18.1 Å². The van der Waals surface area contributed by atoms with Crippen LogP contribution in [0.4, 0.5) is 0 Å². The third-order valence-corrected chi connectivity index (χ3v) is 7.76. The highest BCUT2D eigenvalue weighted by Crippen LogP contribution is 2.50. The van der Waals surface area contributed by atoms with Gasteiger partial charge in [0.05, 0.1) is 9.47 Å². The summed E-state index contributed by atoms with van der Waals surface area (Å²) in [5.74, 6) is 2.42. The normalized spacial score (nSPS) is 12.6. The topological polar surface area (TPSA) is 36.9 Å². The molecule has 1 aliphatic rings. The molecule has 4 bridgehead atoms. The highest BCUT2D eigenvalue weighted by atomic mass is 32.1. The van der Waals surface area contributed by atoms with Gasteiger partial charge in [-0.25, -0.2) is 0 Å². The zero-order chi connectivity index (χ0) is 23.8. The van der Waals surface area contributed by atoms with Crippen molar-refractivity contribution >= 4 is 68.6 Å². The van der Waals surface area contributed by atoms with E-state index < -0.39 is 8.60 Å². The lowest BCUT2D eigenvalue weighted by atomic mass is 10.0.